The van der Waals surface area contributed by atoms with E-state index in [0.29, 0.717) is 6.04 Å². The summed E-state index contributed by atoms with van der Waals surface area (Å²) < 4.78 is 1.90. The van der Waals surface area contributed by atoms with Gasteiger partial charge in [-0.1, -0.05) is 19.3 Å². The normalized spacial score (nSPS) is 16.3. The Kier molecular flexibility index (Phi) is 5.24. The van der Waals surface area contributed by atoms with Gasteiger partial charge in [-0.3, -0.25) is 9.56 Å². The summed E-state index contributed by atoms with van der Waals surface area (Å²) in [6, 6.07) is 4.62. The van der Waals surface area contributed by atoms with Gasteiger partial charge in [-0.15, -0.1) is 0 Å². The molecule has 23 heavy (non-hydrogen) atoms. The van der Waals surface area contributed by atoms with Gasteiger partial charge in [0, 0.05) is 38.2 Å². The predicted molar refractivity (Wildman–Crippen MR) is 91.6 cm³/mol. The average Bonchev–Trinajstić information content (AvgIpc) is 3.14. The van der Waals surface area contributed by atoms with Crippen LogP contribution in [-0.4, -0.2) is 33.6 Å². The highest BCUT2D eigenvalue weighted by atomic mass is 15.2. The number of hydrogen-bond acceptors (Lipinski definition) is 3. The Morgan fingerprint density at radius 1 is 1.30 bits per heavy atom. The van der Waals surface area contributed by atoms with Crippen LogP contribution in [-0.2, 0) is 6.54 Å². The van der Waals surface area contributed by atoms with Gasteiger partial charge in [-0.2, -0.15) is 0 Å². The van der Waals surface area contributed by atoms with Gasteiger partial charge in [0.25, 0.3) is 0 Å². The first kappa shape index (κ1) is 15.5. The van der Waals surface area contributed by atoms with Crippen LogP contribution in [0, 0.1) is 0 Å². The molecule has 0 unspecified atom stereocenters. The zero-order valence-corrected chi connectivity index (χ0v) is 13.6. The van der Waals surface area contributed by atoms with Crippen molar-refractivity contribution in [1.82, 2.24) is 25.2 Å². The Hall–Kier alpha value is -2.37. The summed E-state index contributed by atoms with van der Waals surface area (Å²) in [4.78, 5) is 12.8. The van der Waals surface area contributed by atoms with E-state index in [9.17, 15) is 0 Å². The van der Waals surface area contributed by atoms with Crippen LogP contribution in [0.3, 0.4) is 0 Å². The Morgan fingerprint density at radius 3 is 2.91 bits per heavy atom. The van der Waals surface area contributed by atoms with E-state index in [0.717, 1.165) is 23.9 Å². The van der Waals surface area contributed by atoms with Crippen molar-refractivity contribution >= 4 is 5.96 Å². The molecule has 0 saturated heterocycles. The lowest BCUT2D eigenvalue weighted by molar-refractivity contribution is 0.410. The molecule has 6 nitrogen and oxygen atoms in total. The number of rotatable bonds is 4. The molecule has 0 aliphatic heterocycles. The fourth-order valence-electron chi connectivity index (χ4n) is 2.93. The molecule has 2 aromatic heterocycles. The molecular weight excluding hydrogens is 288 g/mol. The van der Waals surface area contributed by atoms with Crippen LogP contribution in [0.25, 0.3) is 5.82 Å². The molecule has 0 amide bonds. The molecule has 2 heterocycles. The van der Waals surface area contributed by atoms with E-state index in [1.807, 2.05) is 30.1 Å². The second-order valence-electron chi connectivity index (χ2n) is 5.90. The van der Waals surface area contributed by atoms with Crippen LogP contribution in [0.2, 0.25) is 0 Å². The van der Waals surface area contributed by atoms with E-state index >= 15 is 0 Å². The lowest BCUT2D eigenvalue weighted by Crippen LogP contribution is -2.43. The van der Waals surface area contributed by atoms with Crippen LogP contribution in [0.1, 0.15) is 37.7 Å². The largest absolute Gasteiger partial charge is 0.354 e. The minimum atomic E-state index is 0.550. The summed E-state index contributed by atoms with van der Waals surface area (Å²) in [5, 5.41) is 6.92. The highest BCUT2D eigenvalue weighted by Crippen LogP contribution is 2.17. The number of nitrogens with one attached hydrogen (secondary N) is 2. The molecule has 2 aromatic rings. The van der Waals surface area contributed by atoms with Crippen LogP contribution < -0.4 is 10.6 Å². The molecule has 0 atom stereocenters. The molecule has 0 aromatic carbocycles. The molecule has 0 radical (unpaired) electrons. The zero-order valence-electron chi connectivity index (χ0n) is 13.6. The van der Waals surface area contributed by atoms with Crippen LogP contribution in [0.4, 0.5) is 0 Å². The monoisotopic (exact) mass is 312 g/mol. The minimum Gasteiger partial charge on any atom is -0.354 e. The fraction of sp³-hybridized carbons (Fsp3) is 0.471. The molecular formula is C17H24N6. The van der Waals surface area contributed by atoms with Crippen LogP contribution in [0.5, 0.6) is 0 Å². The maximum atomic E-state index is 4.37. The summed E-state index contributed by atoms with van der Waals surface area (Å²) in [5.41, 5.74) is 1.16. The second-order valence-corrected chi connectivity index (χ2v) is 5.90. The Morgan fingerprint density at radius 2 is 2.17 bits per heavy atom. The summed E-state index contributed by atoms with van der Waals surface area (Å²) >= 11 is 0. The maximum absolute atomic E-state index is 4.37. The third kappa shape index (κ3) is 4.31. The van der Waals surface area contributed by atoms with Crippen molar-refractivity contribution in [2.24, 2.45) is 4.99 Å². The Labute approximate surface area is 137 Å². The number of aliphatic imine (C=N–C) groups is 1. The maximum Gasteiger partial charge on any atom is 0.191 e. The van der Waals surface area contributed by atoms with E-state index in [2.05, 4.69) is 31.7 Å². The fourth-order valence-corrected chi connectivity index (χ4v) is 2.93. The molecule has 1 fully saturated rings. The third-order valence-corrected chi connectivity index (χ3v) is 4.21. The molecule has 1 aliphatic carbocycles. The standard InChI is InChI=1S/C17H24N6/c1-18-17(22-15-5-3-2-4-6-15)21-12-14-7-8-20-16(11-14)23-10-9-19-13-23/h7-11,13,15H,2-6,12H2,1H3,(H2,18,21,22). The van der Waals surface area contributed by atoms with Gasteiger partial charge in [-0.25, -0.2) is 9.97 Å². The molecule has 6 heteroatoms. The van der Waals surface area contributed by atoms with E-state index < -0.39 is 0 Å². The third-order valence-electron chi connectivity index (χ3n) is 4.21. The Bertz CT molecular complexity index is 628. The van der Waals surface area contributed by atoms with Gasteiger partial charge in [0.2, 0.25) is 0 Å². The first-order valence-electron chi connectivity index (χ1n) is 8.25. The number of hydrogen-bond donors (Lipinski definition) is 2. The molecule has 0 bridgehead atoms. The van der Waals surface area contributed by atoms with Crippen molar-refractivity contribution in [2.45, 2.75) is 44.7 Å². The van der Waals surface area contributed by atoms with Gasteiger partial charge in [0.15, 0.2) is 5.96 Å². The van der Waals surface area contributed by atoms with E-state index in [-0.39, 0.29) is 0 Å². The van der Waals surface area contributed by atoms with Crippen LogP contribution in [0.15, 0.2) is 42.0 Å². The first-order valence-corrected chi connectivity index (χ1v) is 8.25. The van der Waals surface area contributed by atoms with E-state index in [4.69, 9.17) is 0 Å². The first-order chi connectivity index (χ1) is 11.3. The number of nitrogens with zero attached hydrogens (tertiary/aromatic N) is 4. The van der Waals surface area contributed by atoms with Gasteiger partial charge in [0.1, 0.15) is 12.1 Å². The lowest BCUT2D eigenvalue weighted by atomic mass is 9.96. The number of imidazole rings is 1. The topological polar surface area (TPSA) is 67.1 Å². The Balaban J connectivity index is 1.57. The van der Waals surface area contributed by atoms with Crippen molar-refractivity contribution < 1.29 is 0 Å². The molecule has 2 N–H and O–H groups in total. The van der Waals surface area contributed by atoms with Gasteiger partial charge >= 0.3 is 0 Å². The highest BCUT2D eigenvalue weighted by Gasteiger charge is 2.14. The molecule has 3 rings (SSSR count). The van der Waals surface area contributed by atoms with E-state index in [1.54, 1.807) is 12.5 Å². The lowest BCUT2D eigenvalue weighted by Gasteiger charge is -2.24. The molecule has 0 spiro atoms. The average molecular weight is 312 g/mol. The van der Waals surface area contributed by atoms with Crippen LogP contribution >= 0.6 is 0 Å². The van der Waals surface area contributed by atoms with Crippen molar-refractivity contribution in [3.8, 4) is 5.82 Å². The summed E-state index contributed by atoms with van der Waals surface area (Å²) in [7, 11) is 1.82. The summed E-state index contributed by atoms with van der Waals surface area (Å²) in [6.45, 7) is 0.719. The number of pyridine rings is 1. The summed E-state index contributed by atoms with van der Waals surface area (Å²) in [5.74, 6) is 1.75. The summed E-state index contributed by atoms with van der Waals surface area (Å²) in [6.07, 6.45) is 13.7. The number of guanidine groups is 1. The zero-order chi connectivity index (χ0) is 15.9. The second kappa shape index (κ2) is 7.76. The van der Waals surface area contributed by atoms with Crippen molar-refractivity contribution in [2.75, 3.05) is 7.05 Å². The van der Waals surface area contributed by atoms with Gasteiger partial charge < -0.3 is 10.6 Å². The van der Waals surface area contributed by atoms with E-state index in [1.165, 1.54) is 32.1 Å². The van der Waals surface area contributed by atoms with Crippen molar-refractivity contribution in [3.05, 3.63) is 42.6 Å². The predicted octanol–water partition coefficient (Wildman–Crippen LogP) is 2.26. The highest BCUT2D eigenvalue weighted by molar-refractivity contribution is 5.79. The van der Waals surface area contributed by atoms with Crippen molar-refractivity contribution in [3.63, 3.8) is 0 Å². The molecule has 1 aliphatic rings. The minimum absolute atomic E-state index is 0.550. The van der Waals surface area contributed by atoms with Gasteiger partial charge in [0.05, 0.1) is 0 Å². The SMILES string of the molecule is CN=C(NCc1ccnc(-n2ccnc2)c1)NC1CCCCC1. The quantitative estimate of drug-likeness (QED) is 0.671. The van der Waals surface area contributed by atoms with Crippen molar-refractivity contribution in [1.29, 1.82) is 0 Å². The smallest absolute Gasteiger partial charge is 0.191 e. The molecule has 122 valence electrons. The number of aromatic nitrogens is 3. The molecule has 1 saturated carbocycles. The van der Waals surface area contributed by atoms with Gasteiger partial charge in [-0.05, 0) is 30.5 Å².